The van der Waals surface area contributed by atoms with Gasteiger partial charge in [0.2, 0.25) is 0 Å². The van der Waals surface area contributed by atoms with E-state index in [0.717, 1.165) is 26.2 Å². The Kier molecular flexibility index (Phi) is 2.95. The largest absolute Gasteiger partial charge is 0.379 e. The fourth-order valence-corrected chi connectivity index (χ4v) is 3.63. The van der Waals surface area contributed by atoms with E-state index in [4.69, 9.17) is 10.5 Å². The van der Waals surface area contributed by atoms with Crippen LogP contribution in [0.5, 0.6) is 0 Å². The maximum atomic E-state index is 6.10. The van der Waals surface area contributed by atoms with Gasteiger partial charge in [-0.15, -0.1) is 0 Å². The maximum absolute atomic E-state index is 6.10. The molecule has 1 saturated heterocycles. The molecule has 0 radical (unpaired) electrons. The van der Waals surface area contributed by atoms with Gasteiger partial charge in [0, 0.05) is 5.41 Å². The van der Waals surface area contributed by atoms with Gasteiger partial charge in [0.25, 0.3) is 0 Å². The molecule has 1 aromatic carbocycles. The quantitative estimate of drug-likeness (QED) is 0.885. The van der Waals surface area contributed by atoms with Gasteiger partial charge in [-0.1, -0.05) is 37.6 Å². The molecule has 98 valence electrons. The van der Waals surface area contributed by atoms with Crippen molar-refractivity contribution >= 4 is 0 Å². The topological polar surface area (TPSA) is 35.2 Å². The van der Waals surface area contributed by atoms with E-state index in [1.54, 1.807) is 0 Å². The summed E-state index contributed by atoms with van der Waals surface area (Å²) >= 11 is 0. The van der Waals surface area contributed by atoms with Crippen LogP contribution in [-0.4, -0.2) is 19.8 Å². The number of hydrogen-bond donors (Lipinski definition) is 1. The van der Waals surface area contributed by atoms with Crippen LogP contribution in [0.25, 0.3) is 0 Å². The highest BCUT2D eigenvalue weighted by Gasteiger charge is 2.58. The smallest absolute Gasteiger partial charge is 0.0591 e. The highest BCUT2D eigenvalue weighted by molar-refractivity contribution is 5.35. The first kappa shape index (κ1) is 12.2. The zero-order valence-electron chi connectivity index (χ0n) is 11.2. The van der Waals surface area contributed by atoms with E-state index in [2.05, 4.69) is 31.2 Å². The highest BCUT2D eigenvalue weighted by atomic mass is 16.5. The summed E-state index contributed by atoms with van der Waals surface area (Å²) in [6.07, 6.45) is 4.96. The lowest BCUT2D eigenvalue weighted by Crippen LogP contribution is -2.64. The number of rotatable bonds is 4. The molecule has 0 unspecified atom stereocenters. The van der Waals surface area contributed by atoms with E-state index < -0.39 is 0 Å². The molecule has 0 atom stereocenters. The Morgan fingerprint density at radius 2 is 1.83 bits per heavy atom. The zero-order valence-corrected chi connectivity index (χ0v) is 11.2. The van der Waals surface area contributed by atoms with Crippen LogP contribution < -0.4 is 5.73 Å². The standard InChI is InChI=1S/C16H23NO/c1-2-13-4-6-14(7-5-13)16(11-18-12-16)15(10-17)8-3-9-15/h4-7H,2-3,8-12,17H2,1H3. The summed E-state index contributed by atoms with van der Waals surface area (Å²) in [6.45, 7) is 4.71. The van der Waals surface area contributed by atoms with Crippen molar-refractivity contribution in [2.75, 3.05) is 19.8 Å². The van der Waals surface area contributed by atoms with Gasteiger partial charge in [-0.3, -0.25) is 0 Å². The highest BCUT2D eigenvalue weighted by Crippen LogP contribution is 2.57. The van der Waals surface area contributed by atoms with Crippen LogP contribution >= 0.6 is 0 Å². The molecule has 2 aliphatic rings. The predicted molar refractivity (Wildman–Crippen MR) is 73.7 cm³/mol. The molecule has 0 aromatic heterocycles. The molecule has 0 spiro atoms. The van der Waals surface area contributed by atoms with E-state index in [1.807, 2.05) is 0 Å². The third-order valence-corrected chi connectivity index (χ3v) is 5.33. The lowest BCUT2D eigenvalue weighted by atomic mass is 9.50. The monoisotopic (exact) mass is 245 g/mol. The van der Waals surface area contributed by atoms with E-state index in [1.165, 1.54) is 30.4 Å². The minimum Gasteiger partial charge on any atom is -0.379 e. The van der Waals surface area contributed by atoms with Crippen LogP contribution in [0.3, 0.4) is 0 Å². The Balaban J connectivity index is 1.95. The predicted octanol–water partition coefficient (Wildman–Crippen LogP) is 2.65. The van der Waals surface area contributed by atoms with Gasteiger partial charge in [-0.2, -0.15) is 0 Å². The summed E-state index contributed by atoms with van der Waals surface area (Å²) in [4.78, 5) is 0. The Bertz CT molecular complexity index is 410. The molecule has 1 aromatic rings. The fraction of sp³-hybridized carbons (Fsp3) is 0.625. The first-order valence-electron chi connectivity index (χ1n) is 7.14. The number of aryl methyl sites for hydroxylation is 1. The van der Waals surface area contributed by atoms with Crippen molar-refractivity contribution in [1.82, 2.24) is 0 Å². The molecule has 1 heterocycles. The molecule has 1 saturated carbocycles. The van der Waals surface area contributed by atoms with E-state index in [-0.39, 0.29) is 5.41 Å². The molecule has 2 heteroatoms. The number of hydrogen-bond acceptors (Lipinski definition) is 2. The summed E-state index contributed by atoms with van der Waals surface area (Å²) in [5, 5.41) is 0. The Morgan fingerprint density at radius 3 is 2.17 bits per heavy atom. The first-order valence-corrected chi connectivity index (χ1v) is 7.14. The minimum atomic E-state index is 0.201. The molecular weight excluding hydrogens is 222 g/mol. The molecule has 0 bridgehead atoms. The van der Waals surface area contributed by atoms with E-state index >= 15 is 0 Å². The first-order chi connectivity index (χ1) is 8.76. The van der Waals surface area contributed by atoms with Gasteiger partial charge in [-0.25, -0.2) is 0 Å². The second-order valence-corrected chi connectivity index (χ2v) is 5.96. The Labute approximate surface area is 110 Å². The normalized spacial score (nSPS) is 24.1. The number of ether oxygens (including phenoxy) is 1. The third kappa shape index (κ3) is 1.49. The second kappa shape index (κ2) is 4.36. The van der Waals surface area contributed by atoms with Gasteiger partial charge < -0.3 is 10.5 Å². The molecule has 3 rings (SSSR count). The molecule has 1 aliphatic heterocycles. The molecular formula is C16H23NO. The lowest BCUT2D eigenvalue weighted by Gasteiger charge is -2.60. The van der Waals surface area contributed by atoms with Gasteiger partial charge in [0.05, 0.1) is 13.2 Å². The molecule has 1 aliphatic carbocycles. The molecule has 0 amide bonds. The average Bonchev–Trinajstić information content (AvgIpc) is 2.31. The van der Waals surface area contributed by atoms with Gasteiger partial charge in [-0.05, 0) is 42.3 Å². The van der Waals surface area contributed by atoms with Crippen molar-refractivity contribution in [3.05, 3.63) is 35.4 Å². The SMILES string of the molecule is CCc1ccc(C2(C3(CN)CCC3)COC2)cc1. The molecule has 2 fully saturated rings. The maximum Gasteiger partial charge on any atom is 0.0591 e. The van der Waals surface area contributed by atoms with Crippen molar-refractivity contribution in [3.8, 4) is 0 Å². The van der Waals surface area contributed by atoms with Gasteiger partial charge >= 0.3 is 0 Å². The Morgan fingerprint density at radius 1 is 1.17 bits per heavy atom. The van der Waals surface area contributed by atoms with Crippen LogP contribution in [0.4, 0.5) is 0 Å². The summed E-state index contributed by atoms with van der Waals surface area (Å²) in [6, 6.07) is 9.13. The van der Waals surface area contributed by atoms with Crippen LogP contribution in [0, 0.1) is 5.41 Å². The van der Waals surface area contributed by atoms with Crippen LogP contribution in [0.1, 0.15) is 37.3 Å². The van der Waals surface area contributed by atoms with Crippen molar-refractivity contribution in [3.63, 3.8) is 0 Å². The lowest BCUT2D eigenvalue weighted by molar-refractivity contribution is -0.153. The zero-order chi connectivity index (χ0) is 12.6. The summed E-state index contributed by atoms with van der Waals surface area (Å²) in [5.41, 5.74) is 9.46. The summed E-state index contributed by atoms with van der Waals surface area (Å²) < 4.78 is 5.58. The summed E-state index contributed by atoms with van der Waals surface area (Å²) in [5.74, 6) is 0. The number of nitrogens with two attached hydrogens (primary N) is 1. The third-order valence-electron chi connectivity index (χ3n) is 5.33. The van der Waals surface area contributed by atoms with Crippen LogP contribution in [0.2, 0.25) is 0 Å². The van der Waals surface area contributed by atoms with Crippen molar-refractivity contribution in [1.29, 1.82) is 0 Å². The van der Waals surface area contributed by atoms with Gasteiger partial charge in [0.15, 0.2) is 0 Å². The second-order valence-electron chi connectivity index (χ2n) is 5.96. The summed E-state index contributed by atoms with van der Waals surface area (Å²) in [7, 11) is 0. The van der Waals surface area contributed by atoms with Crippen LogP contribution in [0.15, 0.2) is 24.3 Å². The number of benzene rings is 1. The van der Waals surface area contributed by atoms with E-state index in [9.17, 15) is 0 Å². The van der Waals surface area contributed by atoms with Gasteiger partial charge in [0.1, 0.15) is 0 Å². The average molecular weight is 245 g/mol. The molecule has 2 nitrogen and oxygen atoms in total. The van der Waals surface area contributed by atoms with Crippen molar-refractivity contribution in [2.45, 2.75) is 38.0 Å². The Hall–Kier alpha value is -0.860. The minimum absolute atomic E-state index is 0.201. The van der Waals surface area contributed by atoms with Crippen LogP contribution in [-0.2, 0) is 16.6 Å². The van der Waals surface area contributed by atoms with Crippen molar-refractivity contribution < 1.29 is 4.74 Å². The van der Waals surface area contributed by atoms with E-state index in [0.29, 0.717) is 5.41 Å². The molecule has 2 N–H and O–H groups in total. The van der Waals surface area contributed by atoms with Crippen molar-refractivity contribution in [2.24, 2.45) is 11.1 Å². The molecule has 18 heavy (non-hydrogen) atoms. The fourth-order valence-electron chi connectivity index (χ4n) is 3.63.